The standard InChI is InChI=1S/C9H7N.C8H8O3/c1-2-4-9-7-10-6-5-8(9)3-1;1-10-7-2-4-8(5-3-7)11-6-9/h1-7H;2-6H,1H3. The molecule has 1 heterocycles. The van der Waals surface area contributed by atoms with Gasteiger partial charge in [-0.15, -0.1) is 0 Å². The fourth-order valence-electron chi connectivity index (χ4n) is 1.74. The third-order valence-electron chi connectivity index (χ3n) is 2.79. The Bertz CT molecular complexity index is 630. The van der Waals surface area contributed by atoms with E-state index in [9.17, 15) is 4.79 Å². The van der Waals surface area contributed by atoms with Crippen LogP contribution >= 0.6 is 0 Å². The maximum Gasteiger partial charge on any atom is 0.298 e. The molecule has 0 fully saturated rings. The zero-order chi connectivity index (χ0) is 14.9. The van der Waals surface area contributed by atoms with Crippen molar-refractivity contribution in [2.45, 2.75) is 0 Å². The molecule has 0 radical (unpaired) electrons. The maximum atomic E-state index is 9.88. The van der Waals surface area contributed by atoms with E-state index in [0.29, 0.717) is 12.2 Å². The zero-order valence-corrected chi connectivity index (χ0v) is 11.6. The molecule has 0 saturated heterocycles. The van der Waals surface area contributed by atoms with E-state index in [1.165, 1.54) is 10.8 Å². The van der Waals surface area contributed by atoms with Crippen molar-refractivity contribution in [2.75, 3.05) is 7.11 Å². The molecule has 4 heteroatoms. The zero-order valence-electron chi connectivity index (χ0n) is 11.6. The number of carbonyl (C=O) groups is 1. The van der Waals surface area contributed by atoms with Crippen molar-refractivity contribution in [1.82, 2.24) is 4.98 Å². The number of nitrogens with zero attached hydrogens (tertiary/aromatic N) is 1. The van der Waals surface area contributed by atoms with Crippen molar-refractivity contribution >= 4 is 17.2 Å². The molecule has 0 atom stereocenters. The molecule has 0 bridgehead atoms. The fraction of sp³-hybridized carbons (Fsp3) is 0.0588. The third kappa shape index (κ3) is 4.31. The Labute approximate surface area is 123 Å². The number of benzene rings is 2. The van der Waals surface area contributed by atoms with E-state index in [1.54, 1.807) is 31.4 Å². The summed E-state index contributed by atoms with van der Waals surface area (Å²) in [5, 5.41) is 2.45. The summed E-state index contributed by atoms with van der Waals surface area (Å²) in [6.45, 7) is 0.391. The van der Waals surface area contributed by atoms with Crippen LogP contribution in [0.2, 0.25) is 0 Å². The summed E-state index contributed by atoms with van der Waals surface area (Å²) in [5.41, 5.74) is 0. The maximum absolute atomic E-state index is 9.88. The van der Waals surface area contributed by atoms with E-state index in [4.69, 9.17) is 4.74 Å². The van der Waals surface area contributed by atoms with Gasteiger partial charge < -0.3 is 9.47 Å². The lowest BCUT2D eigenvalue weighted by Gasteiger charge is -1.99. The molecule has 21 heavy (non-hydrogen) atoms. The molecule has 4 nitrogen and oxygen atoms in total. The second kappa shape index (κ2) is 7.65. The van der Waals surface area contributed by atoms with Gasteiger partial charge in [-0.1, -0.05) is 24.3 Å². The SMILES string of the molecule is COc1ccc(OC=O)cc1.c1ccc2cnccc2c1. The van der Waals surface area contributed by atoms with Crippen molar-refractivity contribution in [1.29, 1.82) is 0 Å². The van der Waals surface area contributed by atoms with Gasteiger partial charge in [-0.3, -0.25) is 9.78 Å². The predicted octanol–water partition coefficient (Wildman–Crippen LogP) is 3.47. The Morgan fingerprint density at radius 3 is 2.19 bits per heavy atom. The van der Waals surface area contributed by atoms with Crippen LogP contribution in [-0.4, -0.2) is 18.6 Å². The molecule has 3 rings (SSSR count). The molecular formula is C17H15NO3. The highest BCUT2D eigenvalue weighted by molar-refractivity contribution is 5.80. The van der Waals surface area contributed by atoms with Crippen LogP contribution in [0.25, 0.3) is 10.8 Å². The molecule has 0 N–H and O–H groups in total. The minimum Gasteiger partial charge on any atom is -0.497 e. The van der Waals surface area contributed by atoms with Crippen LogP contribution in [0, 0.1) is 0 Å². The van der Waals surface area contributed by atoms with Gasteiger partial charge in [0.25, 0.3) is 6.47 Å². The van der Waals surface area contributed by atoms with Gasteiger partial charge in [-0.2, -0.15) is 0 Å². The number of carbonyl (C=O) groups excluding carboxylic acids is 1. The first kappa shape index (κ1) is 14.5. The minimum atomic E-state index is 0.391. The van der Waals surface area contributed by atoms with Gasteiger partial charge in [-0.25, -0.2) is 0 Å². The summed E-state index contributed by atoms with van der Waals surface area (Å²) in [5.74, 6) is 1.25. The van der Waals surface area contributed by atoms with Crippen LogP contribution in [0.4, 0.5) is 0 Å². The molecule has 0 aliphatic carbocycles. The highest BCUT2D eigenvalue weighted by atomic mass is 16.5. The molecule has 3 aromatic rings. The molecule has 0 saturated carbocycles. The minimum absolute atomic E-state index is 0.391. The lowest BCUT2D eigenvalue weighted by molar-refractivity contribution is -0.120. The number of hydrogen-bond acceptors (Lipinski definition) is 4. The molecule has 0 spiro atoms. The van der Waals surface area contributed by atoms with E-state index in [0.717, 1.165) is 5.75 Å². The van der Waals surface area contributed by atoms with Gasteiger partial charge in [0, 0.05) is 12.4 Å². The Morgan fingerprint density at radius 2 is 1.57 bits per heavy atom. The average molecular weight is 281 g/mol. The molecule has 2 aromatic carbocycles. The van der Waals surface area contributed by atoms with Gasteiger partial charge in [0.2, 0.25) is 0 Å². The lowest BCUT2D eigenvalue weighted by atomic mass is 10.2. The summed E-state index contributed by atoms with van der Waals surface area (Å²) in [4.78, 5) is 13.9. The second-order valence-corrected chi connectivity index (χ2v) is 4.11. The summed E-state index contributed by atoms with van der Waals surface area (Å²) >= 11 is 0. The Morgan fingerprint density at radius 1 is 0.905 bits per heavy atom. The van der Waals surface area contributed by atoms with E-state index in [1.807, 2.05) is 30.6 Å². The monoisotopic (exact) mass is 281 g/mol. The van der Waals surface area contributed by atoms with E-state index >= 15 is 0 Å². The molecule has 0 amide bonds. The quantitative estimate of drug-likeness (QED) is 0.690. The van der Waals surface area contributed by atoms with Crippen molar-refractivity contribution < 1.29 is 14.3 Å². The molecule has 106 valence electrons. The van der Waals surface area contributed by atoms with Gasteiger partial charge in [0.15, 0.2) is 0 Å². The number of ether oxygens (including phenoxy) is 2. The van der Waals surface area contributed by atoms with E-state index in [-0.39, 0.29) is 0 Å². The van der Waals surface area contributed by atoms with Crippen molar-refractivity contribution in [3.63, 3.8) is 0 Å². The first-order chi connectivity index (χ1) is 10.3. The smallest absolute Gasteiger partial charge is 0.298 e. The summed E-state index contributed by atoms with van der Waals surface area (Å²) in [6, 6.07) is 17.0. The van der Waals surface area contributed by atoms with Gasteiger partial charge >= 0.3 is 0 Å². The topological polar surface area (TPSA) is 48.4 Å². The second-order valence-electron chi connectivity index (χ2n) is 4.11. The first-order valence-electron chi connectivity index (χ1n) is 6.36. The van der Waals surface area contributed by atoms with Gasteiger partial charge in [0.05, 0.1) is 7.11 Å². The van der Waals surface area contributed by atoms with Crippen LogP contribution in [0.3, 0.4) is 0 Å². The largest absolute Gasteiger partial charge is 0.497 e. The molecule has 1 aromatic heterocycles. The van der Waals surface area contributed by atoms with Crippen LogP contribution in [-0.2, 0) is 4.79 Å². The predicted molar refractivity (Wildman–Crippen MR) is 81.4 cm³/mol. The highest BCUT2D eigenvalue weighted by Gasteiger charge is 1.92. The Balaban J connectivity index is 0.000000154. The molecule has 0 aliphatic heterocycles. The third-order valence-corrected chi connectivity index (χ3v) is 2.79. The Kier molecular flexibility index (Phi) is 5.29. The van der Waals surface area contributed by atoms with Gasteiger partial charge in [0.1, 0.15) is 11.5 Å². The summed E-state index contributed by atoms with van der Waals surface area (Å²) < 4.78 is 9.47. The fourth-order valence-corrected chi connectivity index (χ4v) is 1.74. The number of aromatic nitrogens is 1. The molecule has 0 unspecified atom stereocenters. The van der Waals surface area contributed by atoms with Crippen molar-refractivity contribution in [2.24, 2.45) is 0 Å². The number of fused-ring (bicyclic) bond motifs is 1. The normalized spacial score (nSPS) is 9.38. The number of rotatable bonds is 3. The van der Waals surface area contributed by atoms with Crippen LogP contribution in [0.1, 0.15) is 0 Å². The van der Waals surface area contributed by atoms with E-state index < -0.39 is 0 Å². The average Bonchev–Trinajstić information content (AvgIpc) is 2.57. The first-order valence-corrected chi connectivity index (χ1v) is 6.36. The Hall–Kier alpha value is -2.88. The van der Waals surface area contributed by atoms with Crippen LogP contribution < -0.4 is 9.47 Å². The van der Waals surface area contributed by atoms with E-state index in [2.05, 4.69) is 21.9 Å². The number of pyridine rings is 1. The van der Waals surface area contributed by atoms with Crippen molar-refractivity contribution in [3.8, 4) is 11.5 Å². The van der Waals surface area contributed by atoms with Gasteiger partial charge in [-0.05, 0) is 41.1 Å². The summed E-state index contributed by atoms with van der Waals surface area (Å²) in [6.07, 6.45) is 3.68. The highest BCUT2D eigenvalue weighted by Crippen LogP contribution is 2.16. The lowest BCUT2D eigenvalue weighted by Crippen LogP contribution is -1.88. The molecule has 0 aliphatic rings. The van der Waals surface area contributed by atoms with Crippen LogP contribution in [0.5, 0.6) is 11.5 Å². The number of hydrogen-bond donors (Lipinski definition) is 0. The molecular weight excluding hydrogens is 266 g/mol. The van der Waals surface area contributed by atoms with Crippen LogP contribution in [0.15, 0.2) is 67.0 Å². The van der Waals surface area contributed by atoms with Crippen molar-refractivity contribution in [3.05, 3.63) is 67.0 Å². The number of methoxy groups -OCH3 is 1. The summed E-state index contributed by atoms with van der Waals surface area (Å²) in [7, 11) is 1.58.